The molecule has 0 aromatic heterocycles. The zero-order valence-corrected chi connectivity index (χ0v) is 19.9. The summed E-state index contributed by atoms with van der Waals surface area (Å²) in [5, 5.41) is 0. The van der Waals surface area contributed by atoms with Crippen LogP contribution in [0.2, 0.25) is 0 Å². The van der Waals surface area contributed by atoms with Crippen molar-refractivity contribution in [3.8, 4) is 5.75 Å². The van der Waals surface area contributed by atoms with Gasteiger partial charge in [-0.05, 0) is 69.2 Å². The van der Waals surface area contributed by atoms with Crippen molar-refractivity contribution >= 4 is 65.7 Å². The average molecular weight is 581 g/mol. The minimum Gasteiger partial charge on any atom is -0.468 e. The predicted molar refractivity (Wildman–Crippen MR) is 111 cm³/mol. The van der Waals surface area contributed by atoms with Crippen molar-refractivity contribution in [3.63, 3.8) is 0 Å². The van der Waals surface area contributed by atoms with Crippen molar-refractivity contribution in [2.24, 2.45) is 16.7 Å². The number of carbonyl (C=O) groups is 3. The molecular formula is C19H17Br3O6. The first-order valence-corrected chi connectivity index (χ1v) is 10.7. The highest BCUT2D eigenvalue weighted by Crippen LogP contribution is 2.72. The molecule has 2 unspecified atom stereocenters. The standard InChI is InChI=1S/C19H17Br3O6/c1-9(15(23)28-14-12(21)4-11(20)5-13(14)22)18-6-10(18)7-19(8-18,16(24)26-2)17(25)27-3/h4-5,10H,1,6-8H2,2-3H3. The number of rotatable bonds is 5. The second-order valence-electron chi connectivity index (χ2n) is 7.07. The van der Waals surface area contributed by atoms with Crippen molar-refractivity contribution in [1.82, 2.24) is 0 Å². The van der Waals surface area contributed by atoms with Gasteiger partial charge in [0.05, 0.1) is 23.2 Å². The lowest BCUT2D eigenvalue weighted by atomic mass is 9.79. The molecule has 6 nitrogen and oxygen atoms in total. The minimum atomic E-state index is -1.41. The lowest BCUT2D eigenvalue weighted by Gasteiger charge is -2.26. The zero-order chi connectivity index (χ0) is 20.9. The van der Waals surface area contributed by atoms with Gasteiger partial charge in [-0.25, -0.2) is 4.79 Å². The summed E-state index contributed by atoms with van der Waals surface area (Å²) in [7, 11) is 2.46. The molecular weight excluding hydrogens is 564 g/mol. The molecule has 0 saturated heterocycles. The van der Waals surface area contributed by atoms with Crippen LogP contribution in [0.1, 0.15) is 19.3 Å². The summed E-state index contributed by atoms with van der Waals surface area (Å²) in [5.74, 6) is -1.59. The fraction of sp³-hybridized carbons (Fsp3) is 0.421. The Labute approximate surface area is 187 Å². The maximum Gasteiger partial charge on any atom is 0.339 e. The number of methoxy groups -OCH3 is 2. The lowest BCUT2D eigenvalue weighted by Crippen LogP contribution is -2.41. The normalized spacial score (nSPS) is 24.1. The summed E-state index contributed by atoms with van der Waals surface area (Å²) in [4.78, 5) is 37.5. The van der Waals surface area contributed by atoms with E-state index < -0.39 is 28.7 Å². The van der Waals surface area contributed by atoms with Gasteiger partial charge in [-0.2, -0.15) is 0 Å². The van der Waals surface area contributed by atoms with Gasteiger partial charge in [0.1, 0.15) is 0 Å². The molecule has 0 heterocycles. The number of halogens is 3. The molecule has 9 heteroatoms. The predicted octanol–water partition coefficient (Wildman–Crippen LogP) is 4.57. The fourth-order valence-electron chi connectivity index (χ4n) is 4.14. The quantitative estimate of drug-likeness (QED) is 0.220. The molecule has 0 N–H and O–H groups in total. The van der Waals surface area contributed by atoms with Gasteiger partial charge in [-0.15, -0.1) is 0 Å². The summed E-state index contributed by atoms with van der Waals surface area (Å²) >= 11 is 10.1. The molecule has 1 aromatic carbocycles. The second-order valence-corrected chi connectivity index (χ2v) is 9.69. The van der Waals surface area contributed by atoms with Gasteiger partial charge in [0, 0.05) is 15.5 Å². The molecule has 0 amide bonds. The van der Waals surface area contributed by atoms with Crippen LogP contribution in [0.3, 0.4) is 0 Å². The summed E-state index contributed by atoms with van der Waals surface area (Å²) in [6.45, 7) is 3.94. The van der Waals surface area contributed by atoms with E-state index >= 15 is 0 Å². The van der Waals surface area contributed by atoms with E-state index in [9.17, 15) is 14.4 Å². The van der Waals surface area contributed by atoms with Gasteiger partial charge in [0.15, 0.2) is 11.2 Å². The summed E-state index contributed by atoms with van der Waals surface area (Å²) in [6, 6.07) is 3.51. The largest absolute Gasteiger partial charge is 0.468 e. The van der Waals surface area contributed by atoms with Crippen LogP contribution in [-0.2, 0) is 23.9 Å². The molecule has 2 aliphatic rings. The molecule has 0 aliphatic heterocycles. The Morgan fingerprint density at radius 1 is 1.04 bits per heavy atom. The maximum absolute atomic E-state index is 12.8. The zero-order valence-electron chi connectivity index (χ0n) is 15.1. The molecule has 28 heavy (non-hydrogen) atoms. The molecule has 0 bridgehead atoms. The van der Waals surface area contributed by atoms with Gasteiger partial charge in [-0.1, -0.05) is 22.5 Å². The first-order valence-electron chi connectivity index (χ1n) is 8.34. The Morgan fingerprint density at radius 2 is 1.57 bits per heavy atom. The highest BCUT2D eigenvalue weighted by molar-refractivity contribution is 9.11. The number of benzene rings is 1. The van der Waals surface area contributed by atoms with Crippen molar-refractivity contribution < 1.29 is 28.6 Å². The van der Waals surface area contributed by atoms with Gasteiger partial charge >= 0.3 is 17.9 Å². The Bertz CT molecular complexity index is 857. The monoisotopic (exact) mass is 578 g/mol. The summed E-state index contributed by atoms with van der Waals surface area (Å²) in [6.07, 6.45) is 1.06. The highest BCUT2D eigenvalue weighted by Gasteiger charge is 2.73. The molecule has 3 rings (SSSR count). The van der Waals surface area contributed by atoms with Gasteiger partial charge in [0.25, 0.3) is 0 Å². The average Bonchev–Trinajstić information content (AvgIpc) is 3.23. The summed E-state index contributed by atoms with van der Waals surface area (Å²) < 4.78 is 17.2. The number of esters is 3. The molecule has 2 fully saturated rings. The van der Waals surface area contributed by atoms with Crippen LogP contribution in [0.4, 0.5) is 0 Å². The fourth-order valence-corrected chi connectivity index (χ4v) is 6.56. The van der Waals surface area contributed by atoms with Gasteiger partial charge < -0.3 is 14.2 Å². The van der Waals surface area contributed by atoms with Crippen molar-refractivity contribution in [2.45, 2.75) is 19.3 Å². The van der Waals surface area contributed by atoms with Crippen molar-refractivity contribution in [3.05, 3.63) is 37.7 Å². The van der Waals surface area contributed by atoms with Crippen LogP contribution in [-0.4, -0.2) is 32.1 Å². The van der Waals surface area contributed by atoms with Gasteiger partial charge in [0.2, 0.25) is 0 Å². The molecule has 150 valence electrons. The van der Waals surface area contributed by atoms with Gasteiger partial charge in [-0.3, -0.25) is 9.59 Å². The van der Waals surface area contributed by atoms with Crippen LogP contribution in [0.25, 0.3) is 0 Å². The topological polar surface area (TPSA) is 78.9 Å². The third-order valence-corrected chi connectivity index (χ3v) is 7.24. The SMILES string of the molecule is C=C(C(=O)Oc1c(Br)cc(Br)cc1Br)C12CC1CC(C(=O)OC)(C(=O)OC)C2. The van der Waals surface area contributed by atoms with E-state index in [2.05, 4.69) is 54.4 Å². The summed E-state index contributed by atoms with van der Waals surface area (Å²) in [5.41, 5.74) is -1.82. The van der Waals surface area contributed by atoms with Crippen molar-refractivity contribution in [2.75, 3.05) is 14.2 Å². The van der Waals surface area contributed by atoms with E-state index in [1.807, 2.05) is 0 Å². The van der Waals surface area contributed by atoms with E-state index in [1.54, 1.807) is 12.1 Å². The molecule has 2 saturated carbocycles. The van der Waals surface area contributed by atoms with E-state index in [0.29, 0.717) is 21.1 Å². The van der Waals surface area contributed by atoms with E-state index in [0.717, 1.165) is 4.47 Å². The number of ether oxygens (including phenoxy) is 3. The maximum atomic E-state index is 12.8. The first-order chi connectivity index (χ1) is 13.1. The van der Waals surface area contributed by atoms with E-state index in [-0.39, 0.29) is 24.3 Å². The third-order valence-electron chi connectivity index (χ3n) is 5.60. The Morgan fingerprint density at radius 3 is 2.07 bits per heavy atom. The highest BCUT2D eigenvalue weighted by atomic mass is 79.9. The Kier molecular flexibility index (Phi) is 5.82. The van der Waals surface area contributed by atoms with Crippen LogP contribution < -0.4 is 4.74 Å². The van der Waals surface area contributed by atoms with Crippen molar-refractivity contribution in [1.29, 1.82) is 0 Å². The molecule has 2 atom stereocenters. The number of carbonyl (C=O) groups excluding carboxylic acids is 3. The first kappa shape index (κ1) is 21.5. The smallest absolute Gasteiger partial charge is 0.339 e. The Hall–Kier alpha value is -1.19. The molecule has 1 aromatic rings. The second kappa shape index (κ2) is 7.57. The van der Waals surface area contributed by atoms with Crippen LogP contribution in [0, 0.1) is 16.7 Å². The lowest BCUT2D eigenvalue weighted by molar-refractivity contribution is -0.170. The third kappa shape index (κ3) is 3.35. The molecule has 0 radical (unpaired) electrons. The molecule has 0 spiro atoms. The minimum absolute atomic E-state index is 0.0254. The van der Waals surface area contributed by atoms with E-state index in [4.69, 9.17) is 14.2 Å². The Balaban J connectivity index is 1.83. The number of hydrogen-bond acceptors (Lipinski definition) is 6. The van der Waals surface area contributed by atoms with Crippen LogP contribution in [0.15, 0.2) is 37.7 Å². The number of fused-ring (bicyclic) bond motifs is 1. The van der Waals surface area contributed by atoms with Crippen LogP contribution >= 0.6 is 47.8 Å². The molecule has 2 aliphatic carbocycles. The van der Waals surface area contributed by atoms with Crippen LogP contribution in [0.5, 0.6) is 5.75 Å². The van der Waals surface area contributed by atoms with E-state index in [1.165, 1.54) is 14.2 Å². The number of hydrogen-bond donors (Lipinski definition) is 0.